The summed E-state index contributed by atoms with van der Waals surface area (Å²) in [6.45, 7) is 6.55. The van der Waals surface area contributed by atoms with Crippen LogP contribution in [0.25, 0.3) is 0 Å². The van der Waals surface area contributed by atoms with E-state index >= 15 is 0 Å². The molecule has 0 saturated carbocycles. The number of allylic oxidation sites excluding steroid dienone is 8. The van der Waals surface area contributed by atoms with E-state index in [1.807, 2.05) is 0 Å². The molecule has 0 spiro atoms. The predicted molar refractivity (Wildman–Crippen MR) is 242 cm³/mol. The molecule has 6 heteroatoms. The highest BCUT2D eigenvalue weighted by Crippen LogP contribution is 2.14. The third kappa shape index (κ3) is 44.3. The molecule has 330 valence electrons. The lowest BCUT2D eigenvalue weighted by atomic mass is 10.1. The zero-order valence-corrected chi connectivity index (χ0v) is 37.6. The summed E-state index contributed by atoms with van der Waals surface area (Å²) in [4.78, 5) is 37.8. The Balaban J connectivity index is 4.43. The molecule has 0 aromatic rings. The first-order valence-electron chi connectivity index (χ1n) is 24.1. The van der Waals surface area contributed by atoms with E-state index in [4.69, 9.17) is 14.2 Å². The number of hydrogen-bond acceptors (Lipinski definition) is 6. The average Bonchev–Trinajstić information content (AvgIpc) is 3.21. The summed E-state index contributed by atoms with van der Waals surface area (Å²) >= 11 is 0. The van der Waals surface area contributed by atoms with Gasteiger partial charge in [-0.2, -0.15) is 0 Å². The van der Waals surface area contributed by atoms with Gasteiger partial charge in [0.1, 0.15) is 13.2 Å². The molecule has 0 fully saturated rings. The van der Waals surface area contributed by atoms with E-state index in [0.29, 0.717) is 19.3 Å². The molecule has 0 aromatic heterocycles. The van der Waals surface area contributed by atoms with E-state index in [2.05, 4.69) is 69.4 Å². The standard InChI is InChI=1S/C51H90O6/c1-4-7-10-13-16-19-22-23-24-25-26-27-30-32-35-38-41-44-50(53)56-47-48(57-51(54)45-42-39-36-33-29-21-18-15-12-9-6-3)46-55-49(52)43-40-37-34-31-28-20-17-14-11-8-5-2/h16,19,23-24,26-27,32,35,48H,4-15,17-18,20-22,25,28-31,33-34,36-47H2,1-3H3/b19-16-,24-23-,27-26-,35-32-/t48-/m1/s1. The third-order valence-corrected chi connectivity index (χ3v) is 10.3. The smallest absolute Gasteiger partial charge is 0.306 e. The highest BCUT2D eigenvalue weighted by atomic mass is 16.6. The van der Waals surface area contributed by atoms with Crippen LogP contribution in [0.15, 0.2) is 48.6 Å². The van der Waals surface area contributed by atoms with Crippen molar-refractivity contribution in [2.24, 2.45) is 0 Å². The van der Waals surface area contributed by atoms with Gasteiger partial charge < -0.3 is 14.2 Å². The van der Waals surface area contributed by atoms with Gasteiger partial charge in [0.25, 0.3) is 0 Å². The van der Waals surface area contributed by atoms with Crippen LogP contribution in [0.4, 0.5) is 0 Å². The van der Waals surface area contributed by atoms with Crippen LogP contribution in [0.2, 0.25) is 0 Å². The Morgan fingerprint density at radius 1 is 0.351 bits per heavy atom. The largest absolute Gasteiger partial charge is 0.462 e. The summed E-state index contributed by atoms with van der Waals surface area (Å²) in [5.41, 5.74) is 0. The monoisotopic (exact) mass is 799 g/mol. The number of unbranched alkanes of at least 4 members (excludes halogenated alkanes) is 24. The summed E-state index contributed by atoms with van der Waals surface area (Å²) in [6, 6.07) is 0. The average molecular weight is 799 g/mol. The van der Waals surface area contributed by atoms with Crippen LogP contribution in [-0.2, 0) is 28.6 Å². The highest BCUT2D eigenvalue weighted by molar-refractivity contribution is 5.71. The predicted octanol–water partition coefficient (Wildman–Crippen LogP) is 15.5. The fourth-order valence-corrected chi connectivity index (χ4v) is 6.67. The van der Waals surface area contributed by atoms with Crippen LogP contribution in [-0.4, -0.2) is 37.2 Å². The molecule has 0 radical (unpaired) electrons. The van der Waals surface area contributed by atoms with E-state index in [-0.39, 0.29) is 37.5 Å². The minimum absolute atomic E-state index is 0.0869. The SMILES string of the molecule is CCCCC/C=C\C/C=C\C/C=C\C/C=C\CCCC(=O)OC[C@@H](COC(=O)CCCCCCCCCCCCC)OC(=O)CCCCCCCCCCCCC. The Labute approximate surface area is 352 Å². The zero-order chi connectivity index (χ0) is 41.5. The molecular formula is C51H90O6. The first-order chi connectivity index (χ1) is 28.0. The minimum atomic E-state index is -0.788. The van der Waals surface area contributed by atoms with Crippen molar-refractivity contribution in [3.63, 3.8) is 0 Å². The van der Waals surface area contributed by atoms with Crippen molar-refractivity contribution in [3.05, 3.63) is 48.6 Å². The Kier molecular flexibility index (Phi) is 43.9. The molecule has 0 N–H and O–H groups in total. The van der Waals surface area contributed by atoms with Gasteiger partial charge in [-0.15, -0.1) is 0 Å². The Hall–Kier alpha value is -2.63. The van der Waals surface area contributed by atoms with Crippen LogP contribution >= 0.6 is 0 Å². The maximum Gasteiger partial charge on any atom is 0.306 e. The van der Waals surface area contributed by atoms with Crippen molar-refractivity contribution in [1.29, 1.82) is 0 Å². The summed E-state index contributed by atoms with van der Waals surface area (Å²) < 4.78 is 16.7. The Morgan fingerprint density at radius 2 is 0.649 bits per heavy atom. The van der Waals surface area contributed by atoms with Gasteiger partial charge >= 0.3 is 17.9 Å². The van der Waals surface area contributed by atoms with Crippen LogP contribution < -0.4 is 0 Å². The molecule has 0 aliphatic heterocycles. The lowest BCUT2D eigenvalue weighted by Gasteiger charge is -2.18. The zero-order valence-electron chi connectivity index (χ0n) is 37.6. The number of esters is 3. The lowest BCUT2D eigenvalue weighted by molar-refractivity contribution is -0.167. The van der Waals surface area contributed by atoms with Crippen LogP contribution in [0, 0.1) is 0 Å². The van der Waals surface area contributed by atoms with Gasteiger partial charge in [0.15, 0.2) is 6.10 Å². The maximum atomic E-state index is 12.7. The van der Waals surface area contributed by atoms with Gasteiger partial charge in [0.2, 0.25) is 0 Å². The molecule has 0 heterocycles. The molecule has 0 unspecified atom stereocenters. The van der Waals surface area contributed by atoms with Crippen LogP contribution in [0.1, 0.15) is 239 Å². The number of rotatable bonds is 43. The first-order valence-corrected chi connectivity index (χ1v) is 24.1. The Bertz CT molecular complexity index is 1010. The fourth-order valence-electron chi connectivity index (χ4n) is 6.67. The van der Waals surface area contributed by atoms with E-state index in [1.54, 1.807) is 0 Å². The van der Waals surface area contributed by atoms with E-state index < -0.39 is 6.10 Å². The van der Waals surface area contributed by atoms with Crippen molar-refractivity contribution >= 4 is 17.9 Å². The maximum absolute atomic E-state index is 12.7. The van der Waals surface area contributed by atoms with Gasteiger partial charge in [-0.25, -0.2) is 0 Å². The molecule has 0 aromatic carbocycles. The minimum Gasteiger partial charge on any atom is -0.462 e. The summed E-state index contributed by atoms with van der Waals surface area (Å²) in [5, 5.41) is 0. The van der Waals surface area contributed by atoms with Crippen molar-refractivity contribution in [2.75, 3.05) is 13.2 Å². The highest BCUT2D eigenvalue weighted by Gasteiger charge is 2.19. The Morgan fingerprint density at radius 3 is 1.05 bits per heavy atom. The number of carbonyl (C=O) groups excluding carboxylic acids is 3. The van der Waals surface area contributed by atoms with Gasteiger partial charge in [-0.3, -0.25) is 14.4 Å². The van der Waals surface area contributed by atoms with Crippen molar-refractivity contribution < 1.29 is 28.6 Å². The molecule has 0 saturated heterocycles. The van der Waals surface area contributed by atoms with Crippen LogP contribution in [0.5, 0.6) is 0 Å². The van der Waals surface area contributed by atoms with E-state index in [0.717, 1.165) is 64.2 Å². The van der Waals surface area contributed by atoms with E-state index in [1.165, 1.54) is 128 Å². The number of hydrogen-bond donors (Lipinski definition) is 0. The topological polar surface area (TPSA) is 78.9 Å². The summed E-state index contributed by atoms with van der Waals surface area (Å²) in [5.74, 6) is -0.943. The van der Waals surface area contributed by atoms with E-state index in [9.17, 15) is 14.4 Å². The second-order valence-electron chi connectivity index (χ2n) is 16.0. The fraction of sp³-hybridized carbons (Fsp3) is 0.784. The molecule has 0 bridgehead atoms. The van der Waals surface area contributed by atoms with Crippen molar-refractivity contribution in [3.8, 4) is 0 Å². The normalized spacial score (nSPS) is 12.4. The second kappa shape index (κ2) is 46.1. The molecule has 0 amide bonds. The molecule has 1 atom stereocenters. The quantitative estimate of drug-likeness (QED) is 0.0265. The summed E-state index contributed by atoms with van der Waals surface area (Å²) in [7, 11) is 0. The second-order valence-corrected chi connectivity index (χ2v) is 16.0. The molecule has 57 heavy (non-hydrogen) atoms. The van der Waals surface area contributed by atoms with Gasteiger partial charge in [0.05, 0.1) is 0 Å². The van der Waals surface area contributed by atoms with Gasteiger partial charge in [-0.05, 0) is 57.8 Å². The van der Waals surface area contributed by atoms with Gasteiger partial charge in [0, 0.05) is 19.3 Å². The number of carbonyl (C=O) groups is 3. The van der Waals surface area contributed by atoms with Crippen molar-refractivity contribution in [1.82, 2.24) is 0 Å². The van der Waals surface area contributed by atoms with Gasteiger partial charge in [-0.1, -0.05) is 211 Å². The third-order valence-electron chi connectivity index (χ3n) is 10.3. The lowest BCUT2D eigenvalue weighted by Crippen LogP contribution is -2.30. The van der Waals surface area contributed by atoms with Crippen molar-refractivity contribution in [2.45, 2.75) is 245 Å². The first kappa shape index (κ1) is 54.4. The van der Waals surface area contributed by atoms with Crippen LogP contribution in [0.3, 0.4) is 0 Å². The molecular weight excluding hydrogens is 709 g/mol. The molecule has 0 aliphatic rings. The summed E-state index contributed by atoms with van der Waals surface area (Å²) in [6.07, 6.45) is 53.8. The molecule has 0 aliphatic carbocycles. The molecule has 6 nitrogen and oxygen atoms in total. The molecule has 0 rings (SSSR count). The number of ether oxygens (including phenoxy) is 3.